The van der Waals surface area contributed by atoms with Crippen molar-refractivity contribution in [2.45, 2.75) is 12.6 Å². The van der Waals surface area contributed by atoms with E-state index in [1.807, 2.05) is 0 Å². The molecule has 10 heteroatoms. The van der Waals surface area contributed by atoms with E-state index in [2.05, 4.69) is 15.1 Å². The second kappa shape index (κ2) is 6.90. The van der Waals surface area contributed by atoms with Crippen LogP contribution in [0.25, 0.3) is 22.2 Å². The number of imidazole rings is 1. The van der Waals surface area contributed by atoms with Crippen LogP contribution in [0.15, 0.2) is 55.1 Å². The number of halogens is 3. The zero-order chi connectivity index (χ0) is 20.8. The SMILES string of the molecule is O=C1OC[C@H](c2ccc(-c3cnn(C(F)F)c3)cc2F)N1c1ccc2nc[nH]c2c1. The Hall–Kier alpha value is -3.82. The lowest BCUT2D eigenvalue weighted by molar-refractivity contribution is 0.0566. The van der Waals surface area contributed by atoms with Crippen molar-refractivity contribution in [1.82, 2.24) is 19.7 Å². The molecule has 0 saturated carbocycles. The van der Waals surface area contributed by atoms with Crippen molar-refractivity contribution in [2.75, 3.05) is 11.5 Å². The zero-order valence-corrected chi connectivity index (χ0v) is 15.3. The van der Waals surface area contributed by atoms with Crippen molar-refractivity contribution in [1.29, 1.82) is 0 Å². The topological polar surface area (TPSA) is 76.0 Å². The molecule has 0 radical (unpaired) electrons. The number of nitrogens with zero attached hydrogens (tertiary/aromatic N) is 4. The minimum atomic E-state index is -2.77. The summed E-state index contributed by atoms with van der Waals surface area (Å²) in [6.07, 6.45) is 3.35. The molecule has 1 fully saturated rings. The summed E-state index contributed by atoms with van der Waals surface area (Å²) in [6.45, 7) is -2.79. The maximum Gasteiger partial charge on any atom is 0.415 e. The lowest BCUT2D eigenvalue weighted by Gasteiger charge is -2.22. The summed E-state index contributed by atoms with van der Waals surface area (Å²) in [5.74, 6) is -0.576. The van der Waals surface area contributed by atoms with Crippen LogP contribution in [0.1, 0.15) is 18.2 Å². The number of H-pyrrole nitrogens is 1. The zero-order valence-electron chi connectivity index (χ0n) is 15.3. The van der Waals surface area contributed by atoms with Gasteiger partial charge in [0.25, 0.3) is 0 Å². The van der Waals surface area contributed by atoms with Crippen molar-refractivity contribution in [3.05, 3.63) is 66.5 Å². The average Bonchev–Trinajstić information content (AvgIpc) is 3.46. The van der Waals surface area contributed by atoms with Crippen molar-refractivity contribution < 1.29 is 22.7 Å². The molecule has 3 heterocycles. The van der Waals surface area contributed by atoms with E-state index in [1.165, 1.54) is 23.2 Å². The lowest BCUT2D eigenvalue weighted by Crippen LogP contribution is -2.27. The highest BCUT2D eigenvalue weighted by Gasteiger charge is 2.37. The first-order valence-electron chi connectivity index (χ1n) is 9.02. The molecule has 1 aliphatic heterocycles. The Bertz CT molecular complexity index is 1250. The number of carbonyl (C=O) groups excluding carboxylic acids is 1. The van der Waals surface area contributed by atoms with E-state index < -0.39 is 24.5 Å². The molecule has 0 bridgehead atoms. The molecule has 7 nitrogen and oxygen atoms in total. The first-order valence-corrected chi connectivity index (χ1v) is 9.02. The molecule has 152 valence electrons. The normalized spacial score (nSPS) is 16.6. The highest BCUT2D eigenvalue weighted by Crippen LogP contribution is 2.36. The summed E-state index contributed by atoms with van der Waals surface area (Å²) < 4.78 is 46.1. The molecule has 2 aromatic heterocycles. The number of ether oxygens (including phenoxy) is 1. The largest absolute Gasteiger partial charge is 0.447 e. The summed E-state index contributed by atoms with van der Waals surface area (Å²) in [7, 11) is 0. The van der Waals surface area contributed by atoms with Crippen LogP contribution < -0.4 is 4.90 Å². The molecule has 1 aliphatic rings. The molecular formula is C20H14F3N5O2. The van der Waals surface area contributed by atoms with E-state index in [0.717, 1.165) is 17.2 Å². The molecule has 0 unspecified atom stereocenters. The molecule has 1 N–H and O–H groups in total. The van der Waals surface area contributed by atoms with Gasteiger partial charge in [0.1, 0.15) is 18.5 Å². The predicted molar refractivity (Wildman–Crippen MR) is 102 cm³/mol. The molecule has 1 saturated heterocycles. The van der Waals surface area contributed by atoms with E-state index in [4.69, 9.17) is 4.74 Å². The number of nitrogens with one attached hydrogen (secondary N) is 1. The molecule has 0 aliphatic carbocycles. The van der Waals surface area contributed by atoms with Crippen LogP contribution in [0.4, 0.5) is 23.7 Å². The Kier molecular flexibility index (Phi) is 4.19. The third kappa shape index (κ3) is 2.97. The second-order valence-electron chi connectivity index (χ2n) is 6.79. The van der Waals surface area contributed by atoms with Gasteiger partial charge in [-0.3, -0.25) is 4.90 Å². The number of aromatic amines is 1. The number of fused-ring (bicyclic) bond motifs is 1. The van der Waals surface area contributed by atoms with Crippen molar-refractivity contribution >= 4 is 22.8 Å². The third-order valence-electron chi connectivity index (χ3n) is 5.05. The van der Waals surface area contributed by atoms with Gasteiger partial charge in [-0.05, 0) is 29.8 Å². The summed E-state index contributed by atoms with van der Waals surface area (Å²) >= 11 is 0. The molecule has 4 aromatic rings. The van der Waals surface area contributed by atoms with Gasteiger partial charge in [0, 0.05) is 17.3 Å². The summed E-state index contributed by atoms with van der Waals surface area (Å²) in [5.41, 5.74) is 3.04. The highest BCUT2D eigenvalue weighted by molar-refractivity contribution is 5.93. The van der Waals surface area contributed by atoms with Gasteiger partial charge in [-0.15, -0.1) is 0 Å². The predicted octanol–water partition coefficient (Wildman–Crippen LogP) is 4.66. The van der Waals surface area contributed by atoms with Crippen LogP contribution in [0, 0.1) is 5.82 Å². The summed E-state index contributed by atoms with van der Waals surface area (Å²) in [6, 6.07) is 8.91. The maximum absolute atomic E-state index is 15.0. The summed E-state index contributed by atoms with van der Waals surface area (Å²) in [5, 5.41) is 3.57. The highest BCUT2D eigenvalue weighted by atomic mass is 19.3. The number of anilines is 1. The van der Waals surface area contributed by atoms with Gasteiger partial charge < -0.3 is 9.72 Å². The quantitative estimate of drug-likeness (QED) is 0.528. The number of cyclic esters (lactones) is 1. The smallest absolute Gasteiger partial charge is 0.415 e. The van der Waals surface area contributed by atoms with Gasteiger partial charge in [0.2, 0.25) is 0 Å². The van der Waals surface area contributed by atoms with Crippen molar-refractivity contribution in [2.24, 2.45) is 0 Å². The fraction of sp³-hybridized carbons (Fsp3) is 0.150. The van der Waals surface area contributed by atoms with E-state index in [9.17, 15) is 18.0 Å². The standard InChI is InChI=1S/C20H14F3N5O2/c21-15-5-11(12-7-26-27(8-12)19(22)23)1-3-14(15)18-9-30-20(29)28(18)13-2-4-16-17(6-13)25-10-24-16/h1-8,10,18-19H,9H2,(H,24,25)/t18-/m1/s1. The minimum Gasteiger partial charge on any atom is -0.447 e. The Morgan fingerprint density at radius 1 is 1.17 bits per heavy atom. The number of hydrogen-bond acceptors (Lipinski definition) is 4. The van der Waals surface area contributed by atoms with Gasteiger partial charge >= 0.3 is 12.6 Å². The first kappa shape index (κ1) is 18.2. The molecule has 2 aromatic carbocycles. The van der Waals surface area contributed by atoms with Crippen LogP contribution in [0.3, 0.4) is 0 Å². The number of aromatic nitrogens is 4. The first-order chi connectivity index (χ1) is 14.5. The van der Waals surface area contributed by atoms with Crippen molar-refractivity contribution in [3.8, 4) is 11.1 Å². The molecule has 5 rings (SSSR count). The number of hydrogen-bond donors (Lipinski definition) is 1. The number of benzene rings is 2. The van der Waals surface area contributed by atoms with Crippen LogP contribution in [-0.4, -0.2) is 32.4 Å². The maximum atomic E-state index is 15.0. The van der Waals surface area contributed by atoms with E-state index in [-0.39, 0.29) is 12.2 Å². The van der Waals surface area contributed by atoms with Crippen LogP contribution in [-0.2, 0) is 4.74 Å². The molecule has 1 atom stereocenters. The van der Waals surface area contributed by atoms with E-state index in [0.29, 0.717) is 21.5 Å². The Morgan fingerprint density at radius 3 is 2.80 bits per heavy atom. The monoisotopic (exact) mass is 413 g/mol. The number of rotatable bonds is 4. The second-order valence-corrected chi connectivity index (χ2v) is 6.79. The van der Waals surface area contributed by atoms with E-state index in [1.54, 1.807) is 30.6 Å². The van der Waals surface area contributed by atoms with Crippen LogP contribution in [0.2, 0.25) is 0 Å². The average molecular weight is 413 g/mol. The van der Waals surface area contributed by atoms with Gasteiger partial charge in [-0.1, -0.05) is 12.1 Å². The van der Waals surface area contributed by atoms with Gasteiger partial charge in [-0.25, -0.2) is 18.9 Å². The molecule has 30 heavy (non-hydrogen) atoms. The van der Waals surface area contributed by atoms with Gasteiger partial charge in [0.05, 0.1) is 29.2 Å². The molecule has 1 amide bonds. The number of carbonyl (C=O) groups is 1. The van der Waals surface area contributed by atoms with Gasteiger partial charge in [-0.2, -0.15) is 13.9 Å². The molecular weight excluding hydrogens is 399 g/mol. The van der Waals surface area contributed by atoms with E-state index >= 15 is 0 Å². The number of amides is 1. The Morgan fingerprint density at radius 2 is 2.03 bits per heavy atom. The Labute approximate surface area is 167 Å². The molecule has 0 spiro atoms. The van der Waals surface area contributed by atoms with Crippen LogP contribution >= 0.6 is 0 Å². The summed E-state index contributed by atoms with van der Waals surface area (Å²) in [4.78, 5) is 20.9. The fourth-order valence-electron chi connectivity index (χ4n) is 3.58. The third-order valence-corrected chi connectivity index (χ3v) is 5.05. The Balaban J connectivity index is 1.49. The fourth-order valence-corrected chi connectivity index (χ4v) is 3.58. The van der Waals surface area contributed by atoms with Crippen molar-refractivity contribution in [3.63, 3.8) is 0 Å². The van der Waals surface area contributed by atoms with Crippen LogP contribution in [0.5, 0.6) is 0 Å². The van der Waals surface area contributed by atoms with Gasteiger partial charge in [0.15, 0.2) is 0 Å². The number of alkyl halides is 2. The lowest BCUT2D eigenvalue weighted by atomic mass is 10.0. The minimum absolute atomic E-state index is 0.0145.